The zero-order valence-corrected chi connectivity index (χ0v) is 14.8. The maximum absolute atomic E-state index is 10.5. The van der Waals surface area contributed by atoms with Gasteiger partial charge in [-0.05, 0) is 13.8 Å². The largest absolute Gasteiger partial charge is 0.394 e. The number of nitrogens with zero attached hydrogens (tertiary/aromatic N) is 3. The number of anilines is 1. The third-order valence-electron chi connectivity index (χ3n) is 4.68. The zero-order valence-electron chi connectivity index (χ0n) is 14.8. The van der Waals surface area contributed by atoms with Crippen LogP contribution < -0.4 is 5.48 Å². The van der Waals surface area contributed by atoms with E-state index in [1.54, 1.807) is 17.7 Å². The van der Waals surface area contributed by atoms with Gasteiger partial charge in [-0.3, -0.25) is 4.84 Å². The van der Waals surface area contributed by atoms with E-state index in [4.69, 9.17) is 20.7 Å². The molecule has 3 unspecified atom stereocenters. The maximum Gasteiger partial charge on any atom is 0.167 e. The van der Waals surface area contributed by atoms with Crippen LogP contribution in [0.2, 0.25) is 0 Å². The van der Waals surface area contributed by atoms with E-state index in [0.29, 0.717) is 29.0 Å². The van der Waals surface area contributed by atoms with Crippen LogP contribution in [0.15, 0.2) is 12.5 Å². The molecule has 9 heteroatoms. The fourth-order valence-electron chi connectivity index (χ4n) is 3.19. The summed E-state index contributed by atoms with van der Waals surface area (Å²) in [5, 5.41) is 20.6. The van der Waals surface area contributed by atoms with Crippen molar-refractivity contribution in [2.24, 2.45) is 0 Å². The van der Waals surface area contributed by atoms with Crippen LogP contribution in [0.5, 0.6) is 0 Å². The van der Waals surface area contributed by atoms with Gasteiger partial charge in [0, 0.05) is 13.3 Å². The molecule has 1 aliphatic heterocycles. The van der Waals surface area contributed by atoms with Gasteiger partial charge >= 0.3 is 0 Å². The molecule has 3 N–H and O–H groups in total. The third kappa shape index (κ3) is 2.72. The Morgan fingerprint density at radius 3 is 2.88 bits per heavy atom. The number of terminal acetylenes is 1. The van der Waals surface area contributed by atoms with Gasteiger partial charge in [0.1, 0.15) is 29.8 Å². The first kappa shape index (κ1) is 18.6. The molecule has 0 aliphatic carbocycles. The van der Waals surface area contributed by atoms with Crippen LogP contribution in [0.1, 0.15) is 25.6 Å². The number of aliphatic hydroxyl groups is 2. The first-order chi connectivity index (χ1) is 12.5. The van der Waals surface area contributed by atoms with Crippen LogP contribution in [0.25, 0.3) is 11.0 Å². The topological polar surface area (TPSA) is 111 Å². The van der Waals surface area contributed by atoms with Gasteiger partial charge in [-0.25, -0.2) is 15.4 Å². The van der Waals surface area contributed by atoms with Gasteiger partial charge in [0.25, 0.3) is 0 Å². The molecule has 0 saturated carbocycles. The lowest BCUT2D eigenvalue weighted by molar-refractivity contribution is -0.118. The van der Waals surface area contributed by atoms with Crippen molar-refractivity contribution in [3.63, 3.8) is 0 Å². The summed E-state index contributed by atoms with van der Waals surface area (Å²) < 4.78 is 13.1. The second-order valence-electron chi connectivity index (χ2n) is 6.09. The molecule has 0 spiro atoms. The van der Waals surface area contributed by atoms with Crippen LogP contribution in [0.4, 0.5) is 5.82 Å². The SMILES string of the molecule is C#Cc1cn([C@@H]2OC(CO)C(O)C2(C)OC)c2ncnc(NOCC)c12. The summed E-state index contributed by atoms with van der Waals surface area (Å²) in [7, 11) is 1.48. The number of nitrogens with one attached hydrogen (secondary N) is 1. The molecule has 9 nitrogen and oxygen atoms in total. The lowest BCUT2D eigenvalue weighted by Gasteiger charge is -2.31. The molecule has 1 aliphatic rings. The fourth-order valence-corrected chi connectivity index (χ4v) is 3.19. The van der Waals surface area contributed by atoms with E-state index >= 15 is 0 Å². The molecule has 3 heterocycles. The predicted octanol–water partition coefficient (Wildman–Crippen LogP) is 0.432. The normalized spacial score (nSPS) is 28.4. The average Bonchev–Trinajstić information content (AvgIpc) is 3.16. The summed E-state index contributed by atoms with van der Waals surface area (Å²) in [6.45, 7) is 3.64. The Morgan fingerprint density at radius 2 is 2.27 bits per heavy atom. The molecule has 0 aromatic carbocycles. The highest BCUT2D eigenvalue weighted by Crippen LogP contribution is 2.43. The van der Waals surface area contributed by atoms with Gasteiger partial charge in [-0.2, -0.15) is 0 Å². The summed E-state index contributed by atoms with van der Waals surface area (Å²) in [6, 6.07) is 0. The van der Waals surface area contributed by atoms with E-state index in [1.807, 2.05) is 6.92 Å². The molecule has 2 aromatic heterocycles. The van der Waals surface area contributed by atoms with Crippen molar-refractivity contribution < 1.29 is 24.5 Å². The van der Waals surface area contributed by atoms with E-state index in [-0.39, 0.29) is 6.61 Å². The molecular weight excluding hydrogens is 340 g/mol. The van der Waals surface area contributed by atoms with Crippen molar-refractivity contribution in [3.05, 3.63) is 18.1 Å². The first-order valence-electron chi connectivity index (χ1n) is 8.21. The highest BCUT2D eigenvalue weighted by atomic mass is 16.6. The van der Waals surface area contributed by atoms with Crippen molar-refractivity contribution >= 4 is 16.9 Å². The lowest BCUT2D eigenvalue weighted by Crippen LogP contribution is -2.46. The molecule has 3 rings (SSSR count). The monoisotopic (exact) mass is 362 g/mol. The Balaban J connectivity index is 2.15. The number of hydrogen-bond acceptors (Lipinski definition) is 8. The van der Waals surface area contributed by atoms with E-state index in [9.17, 15) is 10.2 Å². The van der Waals surface area contributed by atoms with E-state index in [1.165, 1.54) is 13.4 Å². The van der Waals surface area contributed by atoms with E-state index in [2.05, 4.69) is 21.4 Å². The van der Waals surface area contributed by atoms with Crippen LogP contribution in [0, 0.1) is 12.3 Å². The summed E-state index contributed by atoms with van der Waals surface area (Å²) >= 11 is 0. The minimum Gasteiger partial charge on any atom is -0.394 e. The number of aromatic nitrogens is 3. The second-order valence-corrected chi connectivity index (χ2v) is 6.09. The van der Waals surface area contributed by atoms with Crippen molar-refractivity contribution in [1.29, 1.82) is 0 Å². The predicted molar refractivity (Wildman–Crippen MR) is 93.1 cm³/mol. The highest BCUT2D eigenvalue weighted by molar-refractivity contribution is 5.93. The Morgan fingerprint density at radius 1 is 1.50 bits per heavy atom. The minimum atomic E-state index is -1.11. The van der Waals surface area contributed by atoms with Crippen LogP contribution in [0.3, 0.4) is 0 Å². The molecule has 4 atom stereocenters. The number of methoxy groups -OCH3 is 1. The summed E-state index contributed by atoms with van der Waals surface area (Å²) in [5.74, 6) is 3.04. The molecule has 26 heavy (non-hydrogen) atoms. The quantitative estimate of drug-likeness (QED) is 0.501. The Labute approximate surface area is 150 Å². The number of aliphatic hydroxyl groups excluding tert-OH is 2. The number of fused-ring (bicyclic) bond motifs is 1. The van der Waals surface area contributed by atoms with Crippen molar-refractivity contribution in [1.82, 2.24) is 14.5 Å². The molecular formula is C17H22N4O5. The number of ether oxygens (including phenoxy) is 2. The number of hydrogen-bond donors (Lipinski definition) is 3. The van der Waals surface area contributed by atoms with Crippen molar-refractivity contribution in [3.8, 4) is 12.3 Å². The van der Waals surface area contributed by atoms with Gasteiger partial charge in [-0.1, -0.05) is 5.92 Å². The third-order valence-corrected chi connectivity index (χ3v) is 4.68. The Kier molecular flexibility index (Phi) is 5.13. The van der Waals surface area contributed by atoms with Crippen molar-refractivity contribution in [2.45, 2.75) is 37.9 Å². The Hall–Kier alpha value is -2.22. The minimum absolute atomic E-state index is 0.343. The maximum atomic E-state index is 10.5. The second kappa shape index (κ2) is 7.19. The lowest BCUT2D eigenvalue weighted by atomic mass is 9.96. The van der Waals surface area contributed by atoms with E-state index < -0.39 is 24.0 Å². The van der Waals surface area contributed by atoms with Gasteiger partial charge in [-0.15, -0.1) is 6.42 Å². The van der Waals surface area contributed by atoms with Gasteiger partial charge in [0.2, 0.25) is 0 Å². The van der Waals surface area contributed by atoms with Crippen LogP contribution >= 0.6 is 0 Å². The fraction of sp³-hybridized carbons (Fsp3) is 0.529. The smallest absolute Gasteiger partial charge is 0.167 e. The van der Waals surface area contributed by atoms with Crippen LogP contribution in [-0.4, -0.2) is 62.9 Å². The molecule has 1 fully saturated rings. The average molecular weight is 362 g/mol. The summed E-state index contributed by atoms with van der Waals surface area (Å²) in [4.78, 5) is 13.7. The molecule has 2 aromatic rings. The molecule has 0 bridgehead atoms. The highest BCUT2D eigenvalue weighted by Gasteiger charge is 2.54. The molecule has 0 radical (unpaired) electrons. The Bertz CT molecular complexity index is 832. The van der Waals surface area contributed by atoms with Gasteiger partial charge < -0.3 is 24.3 Å². The zero-order chi connectivity index (χ0) is 18.9. The molecule has 1 saturated heterocycles. The molecule has 140 valence electrons. The number of rotatable bonds is 6. The first-order valence-corrected chi connectivity index (χ1v) is 8.21. The summed E-state index contributed by atoms with van der Waals surface area (Å²) in [6.07, 6.45) is 6.14. The van der Waals surface area contributed by atoms with E-state index in [0.717, 1.165) is 0 Å². The van der Waals surface area contributed by atoms with Gasteiger partial charge in [0.05, 0.1) is 24.2 Å². The van der Waals surface area contributed by atoms with Crippen LogP contribution in [-0.2, 0) is 14.3 Å². The van der Waals surface area contributed by atoms with Crippen molar-refractivity contribution in [2.75, 3.05) is 25.8 Å². The standard InChI is InChI=1S/C17H22N4O5/c1-5-10-7-21(15-12(10)14(18-9-19-15)20-25-6-2)16-17(3,24-4)13(23)11(8-22)26-16/h1,7,9,11,13,16,22-23H,6,8H2,2-4H3,(H,18,19,20)/t11?,13?,16-,17?/m1/s1. The molecule has 0 amide bonds. The summed E-state index contributed by atoms with van der Waals surface area (Å²) in [5.41, 5.74) is 2.68. The van der Waals surface area contributed by atoms with Gasteiger partial charge in [0.15, 0.2) is 12.0 Å².